The molecule has 4 rings (SSSR count). The molecular formula is C23H23N3O3S2. The number of carbonyl (C=O) groups excluding carboxylic acids is 1. The lowest BCUT2D eigenvalue weighted by Gasteiger charge is -2.04. The van der Waals surface area contributed by atoms with Crippen LogP contribution in [-0.2, 0) is 6.61 Å². The number of ether oxygens (including phenoxy) is 2. The van der Waals surface area contributed by atoms with Crippen LogP contribution < -0.4 is 14.8 Å². The number of nitrogens with zero attached hydrogens (tertiary/aromatic N) is 2. The maximum Gasteiger partial charge on any atom is 0.269 e. The van der Waals surface area contributed by atoms with Crippen molar-refractivity contribution in [2.45, 2.75) is 33.8 Å². The summed E-state index contributed by atoms with van der Waals surface area (Å²) in [5, 5.41) is 4.21. The minimum absolute atomic E-state index is 0.210. The molecule has 0 fully saturated rings. The highest BCUT2D eigenvalue weighted by Crippen LogP contribution is 2.30. The van der Waals surface area contributed by atoms with E-state index in [0.717, 1.165) is 38.7 Å². The quantitative estimate of drug-likeness (QED) is 0.355. The molecule has 0 saturated heterocycles. The first-order valence-electron chi connectivity index (χ1n) is 10.0. The molecule has 8 heteroatoms. The third-order valence-electron chi connectivity index (χ3n) is 4.45. The van der Waals surface area contributed by atoms with Crippen LogP contribution in [-0.4, -0.2) is 22.5 Å². The normalized spacial score (nSPS) is 10.9. The van der Waals surface area contributed by atoms with E-state index in [1.807, 2.05) is 56.3 Å². The summed E-state index contributed by atoms with van der Waals surface area (Å²) in [6.07, 6.45) is 0.953. The van der Waals surface area contributed by atoms with Crippen LogP contribution in [0.2, 0.25) is 0 Å². The highest BCUT2D eigenvalue weighted by Gasteiger charge is 2.17. The number of hydrogen-bond acceptors (Lipinski definition) is 7. The average Bonchev–Trinajstić information content (AvgIpc) is 3.32. The molecule has 1 amide bonds. The Balaban J connectivity index is 1.43. The lowest BCUT2D eigenvalue weighted by atomic mass is 10.2. The molecule has 160 valence electrons. The van der Waals surface area contributed by atoms with Crippen molar-refractivity contribution in [3.8, 4) is 11.5 Å². The molecule has 0 unspecified atom stereocenters. The van der Waals surface area contributed by atoms with Crippen LogP contribution in [0, 0.1) is 13.8 Å². The molecule has 0 radical (unpaired) electrons. The summed E-state index contributed by atoms with van der Waals surface area (Å²) < 4.78 is 12.5. The van der Waals surface area contributed by atoms with Crippen LogP contribution in [0.25, 0.3) is 10.2 Å². The van der Waals surface area contributed by atoms with E-state index < -0.39 is 0 Å². The molecule has 0 saturated carbocycles. The van der Waals surface area contributed by atoms with Gasteiger partial charge in [0.25, 0.3) is 5.91 Å². The third kappa shape index (κ3) is 5.21. The zero-order valence-electron chi connectivity index (χ0n) is 17.6. The van der Waals surface area contributed by atoms with Crippen LogP contribution >= 0.6 is 22.7 Å². The first-order valence-corrected chi connectivity index (χ1v) is 11.7. The summed E-state index contributed by atoms with van der Waals surface area (Å²) in [4.78, 5) is 22.4. The van der Waals surface area contributed by atoms with Crippen LogP contribution in [0.5, 0.6) is 11.5 Å². The molecule has 31 heavy (non-hydrogen) atoms. The second kappa shape index (κ2) is 9.45. The Kier molecular flexibility index (Phi) is 6.48. The van der Waals surface area contributed by atoms with Crippen LogP contribution in [0.4, 0.5) is 5.13 Å². The second-order valence-corrected chi connectivity index (χ2v) is 9.19. The highest BCUT2D eigenvalue weighted by atomic mass is 32.1. The summed E-state index contributed by atoms with van der Waals surface area (Å²) in [6, 6.07) is 13.6. The molecule has 6 nitrogen and oxygen atoms in total. The number of aromatic nitrogens is 2. The number of nitrogens with one attached hydrogen (secondary N) is 1. The maximum atomic E-state index is 12.8. The number of rotatable bonds is 8. The topological polar surface area (TPSA) is 73.3 Å². The smallest absolute Gasteiger partial charge is 0.269 e. The summed E-state index contributed by atoms with van der Waals surface area (Å²) in [5.41, 5.74) is 2.65. The van der Waals surface area contributed by atoms with Gasteiger partial charge in [0.15, 0.2) is 5.13 Å². The zero-order chi connectivity index (χ0) is 21.8. The maximum absolute atomic E-state index is 12.8. The fraction of sp³-hybridized carbons (Fsp3) is 0.261. The summed E-state index contributed by atoms with van der Waals surface area (Å²) in [7, 11) is 0. The van der Waals surface area contributed by atoms with E-state index >= 15 is 0 Å². The van der Waals surface area contributed by atoms with E-state index in [1.165, 1.54) is 22.7 Å². The van der Waals surface area contributed by atoms with Gasteiger partial charge < -0.3 is 9.47 Å². The molecule has 2 aromatic heterocycles. The Morgan fingerprint density at radius 1 is 1.03 bits per heavy atom. The molecule has 0 atom stereocenters. The monoisotopic (exact) mass is 453 g/mol. The van der Waals surface area contributed by atoms with Crippen LogP contribution in [0.15, 0.2) is 42.5 Å². The molecular weight excluding hydrogens is 430 g/mol. The van der Waals surface area contributed by atoms with Gasteiger partial charge >= 0.3 is 0 Å². The minimum atomic E-state index is -0.210. The van der Waals surface area contributed by atoms with Crippen molar-refractivity contribution in [2.75, 3.05) is 11.9 Å². The molecule has 0 aliphatic heterocycles. The SMILES string of the molecule is CCCOc1ccc2nc(NC(=O)c3sc(COc4cccc(C)c4)nc3C)sc2c1. The number of anilines is 1. The van der Waals surface area contributed by atoms with Gasteiger partial charge in [-0.05, 0) is 56.2 Å². The average molecular weight is 454 g/mol. The summed E-state index contributed by atoms with van der Waals surface area (Å²) >= 11 is 2.76. The molecule has 2 aromatic carbocycles. The van der Waals surface area contributed by atoms with Gasteiger partial charge in [-0.2, -0.15) is 0 Å². The summed E-state index contributed by atoms with van der Waals surface area (Å²) in [5.74, 6) is 1.39. The van der Waals surface area contributed by atoms with Crippen molar-refractivity contribution in [1.82, 2.24) is 9.97 Å². The molecule has 1 N–H and O–H groups in total. The zero-order valence-corrected chi connectivity index (χ0v) is 19.2. The van der Waals surface area contributed by atoms with E-state index in [9.17, 15) is 4.79 Å². The fourth-order valence-electron chi connectivity index (χ4n) is 3.00. The van der Waals surface area contributed by atoms with Gasteiger partial charge in [0, 0.05) is 0 Å². The van der Waals surface area contributed by atoms with E-state index in [4.69, 9.17) is 9.47 Å². The Bertz CT molecular complexity index is 1220. The van der Waals surface area contributed by atoms with Gasteiger partial charge in [0.2, 0.25) is 0 Å². The first kappa shape index (κ1) is 21.3. The first-order chi connectivity index (χ1) is 15.0. The molecule has 2 heterocycles. The van der Waals surface area contributed by atoms with Gasteiger partial charge in [-0.15, -0.1) is 11.3 Å². The second-order valence-electron chi connectivity index (χ2n) is 7.08. The number of fused-ring (bicyclic) bond motifs is 1. The number of hydrogen-bond donors (Lipinski definition) is 1. The van der Waals surface area contributed by atoms with E-state index in [-0.39, 0.29) is 5.91 Å². The molecule has 4 aromatic rings. The Labute approximate surface area is 188 Å². The van der Waals surface area contributed by atoms with Crippen molar-refractivity contribution in [2.24, 2.45) is 0 Å². The number of carbonyl (C=O) groups is 1. The van der Waals surface area contributed by atoms with Gasteiger partial charge in [-0.25, -0.2) is 9.97 Å². The predicted molar refractivity (Wildman–Crippen MR) is 126 cm³/mol. The number of benzene rings is 2. The Hall–Kier alpha value is -2.97. The van der Waals surface area contributed by atoms with E-state index in [2.05, 4.69) is 22.2 Å². The third-order valence-corrected chi connectivity index (χ3v) is 6.52. The number of thiazole rings is 2. The molecule has 0 bridgehead atoms. The van der Waals surface area contributed by atoms with Crippen LogP contribution in [0.1, 0.15) is 39.3 Å². The van der Waals surface area contributed by atoms with Crippen molar-refractivity contribution in [1.29, 1.82) is 0 Å². The highest BCUT2D eigenvalue weighted by molar-refractivity contribution is 7.22. The predicted octanol–water partition coefficient (Wildman–Crippen LogP) is 5.99. The lowest BCUT2D eigenvalue weighted by Crippen LogP contribution is -2.11. The van der Waals surface area contributed by atoms with Crippen molar-refractivity contribution < 1.29 is 14.3 Å². The van der Waals surface area contributed by atoms with Crippen LogP contribution in [0.3, 0.4) is 0 Å². The number of amides is 1. The molecule has 0 spiro atoms. The molecule has 0 aliphatic carbocycles. The lowest BCUT2D eigenvalue weighted by molar-refractivity contribution is 0.103. The fourth-order valence-corrected chi connectivity index (χ4v) is 4.76. The van der Waals surface area contributed by atoms with E-state index in [0.29, 0.717) is 28.9 Å². The van der Waals surface area contributed by atoms with Gasteiger partial charge in [0.1, 0.15) is 28.0 Å². The standard InChI is InChI=1S/C23H23N3O3S2/c1-4-10-28-17-8-9-18-19(12-17)30-23(25-18)26-22(27)21-15(3)24-20(31-21)13-29-16-7-5-6-14(2)11-16/h5-9,11-12H,4,10,13H2,1-3H3,(H,25,26,27). The minimum Gasteiger partial charge on any atom is -0.494 e. The Morgan fingerprint density at radius 3 is 2.68 bits per heavy atom. The molecule has 0 aliphatic rings. The van der Waals surface area contributed by atoms with E-state index in [1.54, 1.807) is 0 Å². The van der Waals surface area contributed by atoms with Gasteiger partial charge in [-0.1, -0.05) is 30.4 Å². The van der Waals surface area contributed by atoms with Gasteiger partial charge in [-0.3, -0.25) is 10.1 Å². The number of aryl methyl sites for hydroxylation is 2. The van der Waals surface area contributed by atoms with Gasteiger partial charge in [0.05, 0.1) is 22.5 Å². The van der Waals surface area contributed by atoms with Crippen molar-refractivity contribution >= 4 is 43.9 Å². The largest absolute Gasteiger partial charge is 0.494 e. The van der Waals surface area contributed by atoms with Crippen molar-refractivity contribution in [3.05, 3.63) is 63.6 Å². The Morgan fingerprint density at radius 2 is 1.87 bits per heavy atom. The van der Waals surface area contributed by atoms with Crippen molar-refractivity contribution in [3.63, 3.8) is 0 Å². The summed E-state index contributed by atoms with van der Waals surface area (Å²) in [6.45, 7) is 6.92.